The summed E-state index contributed by atoms with van der Waals surface area (Å²) in [5.74, 6) is 0.724. The first kappa shape index (κ1) is 15.5. The molecule has 1 aliphatic rings. The summed E-state index contributed by atoms with van der Waals surface area (Å²) < 4.78 is 7.35. The smallest absolute Gasteiger partial charge is 0.317 e. The van der Waals surface area contributed by atoms with E-state index in [2.05, 4.69) is 15.4 Å². The van der Waals surface area contributed by atoms with Gasteiger partial charge >= 0.3 is 6.03 Å². The van der Waals surface area contributed by atoms with Crippen molar-refractivity contribution in [1.82, 2.24) is 25.0 Å². The molecule has 1 saturated heterocycles. The number of aromatic nitrogens is 3. The van der Waals surface area contributed by atoms with Crippen LogP contribution in [0.1, 0.15) is 19.4 Å². The van der Waals surface area contributed by atoms with E-state index in [0.29, 0.717) is 19.6 Å². The summed E-state index contributed by atoms with van der Waals surface area (Å²) in [6.45, 7) is 5.58. The summed E-state index contributed by atoms with van der Waals surface area (Å²) in [6.07, 6.45) is 5.37. The molecule has 2 atom stereocenters. The molecular weight excluding hydrogens is 294 g/mol. The number of morpholine rings is 1. The van der Waals surface area contributed by atoms with E-state index in [9.17, 15) is 4.79 Å². The van der Waals surface area contributed by atoms with Crippen LogP contribution in [0.15, 0.2) is 36.8 Å². The maximum atomic E-state index is 12.4. The molecule has 2 amide bonds. The van der Waals surface area contributed by atoms with Crippen LogP contribution >= 0.6 is 0 Å². The lowest BCUT2D eigenvalue weighted by molar-refractivity contribution is -0.0545. The predicted octanol–water partition coefficient (Wildman–Crippen LogP) is 1.59. The standard InChI is InChI=1S/C16H21N5O2/c1-12-10-20(11-13(2)23-12)16(22)18-9-14-5-3-6-17-15(14)21-8-4-7-19-21/h3-8,12-13H,9-11H2,1-2H3,(H,18,22)/t12-,13-/m0/s1. The number of pyridine rings is 1. The fraction of sp³-hybridized carbons (Fsp3) is 0.438. The first-order valence-corrected chi connectivity index (χ1v) is 7.75. The van der Waals surface area contributed by atoms with Gasteiger partial charge in [0.15, 0.2) is 5.82 Å². The zero-order chi connectivity index (χ0) is 16.2. The maximum absolute atomic E-state index is 12.4. The SMILES string of the molecule is C[C@H]1CN(C(=O)NCc2cccnc2-n2cccn2)C[C@H](C)O1. The van der Waals surface area contributed by atoms with E-state index >= 15 is 0 Å². The summed E-state index contributed by atoms with van der Waals surface area (Å²) in [5, 5.41) is 7.16. The highest BCUT2D eigenvalue weighted by Gasteiger charge is 2.25. The Kier molecular flexibility index (Phi) is 4.57. The van der Waals surface area contributed by atoms with Crippen LogP contribution in [0.2, 0.25) is 0 Å². The number of ether oxygens (including phenoxy) is 1. The van der Waals surface area contributed by atoms with Crippen LogP contribution in [0.25, 0.3) is 5.82 Å². The fourth-order valence-electron chi connectivity index (χ4n) is 2.80. The van der Waals surface area contributed by atoms with Crippen LogP contribution in [0.3, 0.4) is 0 Å². The minimum absolute atomic E-state index is 0.0579. The normalized spacial score (nSPS) is 21.2. The van der Waals surface area contributed by atoms with Crippen molar-refractivity contribution in [2.45, 2.75) is 32.6 Å². The molecule has 122 valence electrons. The maximum Gasteiger partial charge on any atom is 0.317 e. The first-order chi connectivity index (χ1) is 11.1. The van der Waals surface area contributed by atoms with Gasteiger partial charge in [0.05, 0.1) is 12.2 Å². The molecule has 1 fully saturated rings. The summed E-state index contributed by atoms with van der Waals surface area (Å²) in [5.41, 5.74) is 0.916. The Balaban J connectivity index is 1.66. The van der Waals surface area contributed by atoms with E-state index in [1.54, 1.807) is 22.0 Å². The average molecular weight is 315 g/mol. The quantitative estimate of drug-likeness (QED) is 0.933. The van der Waals surface area contributed by atoms with Crippen molar-refractivity contribution in [3.05, 3.63) is 42.4 Å². The van der Waals surface area contributed by atoms with Gasteiger partial charge in [0.2, 0.25) is 0 Å². The zero-order valence-corrected chi connectivity index (χ0v) is 13.3. The Hall–Kier alpha value is -2.41. The lowest BCUT2D eigenvalue weighted by Crippen LogP contribution is -2.51. The van der Waals surface area contributed by atoms with Crippen molar-refractivity contribution in [3.63, 3.8) is 0 Å². The van der Waals surface area contributed by atoms with Gasteiger partial charge in [0, 0.05) is 43.8 Å². The van der Waals surface area contributed by atoms with E-state index < -0.39 is 0 Å². The first-order valence-electron chi connectivity index (χ1n) is 7.75. The average Bonchev–Trinajstić information content (AvgIpc) is 3.06. The molecule has 0 bridgehead atoms. The number of hydrogen-bond donors (Lipinski definition) is 1. The zero-order valence-electron chi connectivity index (χ0n) is 13.3. The third kappa shape index (κ3) is 3.68. The van der Waals surface area contributed by atoms with Crippen LogP contribution in [0.5, 0.6) is 0 Å². The number of urea groups is 1. The summed E-state index contributed by atoms with van der Waals surface area (Å²) in [7, 11) is 0. The van der Waals surface area contributed by atoms with Crippen molar-refractivity contribution in [2.75, 3.05) is 13.1 Å². The van der Waals surface area contributed by atoms with Gasteiger partial charge in [0.1, 0.15) is 0 Å². The molecule has 0 radical (unpaired) electrons. The molecule has 3 heterocycles. The molecule has 1 N–H and O–H groups in total. The van der Waals surface area contributed by atoms with Gasteiger partial charge in [0.25, 0.3) is 0 Å². The third-order valence-electron chi connectivity index (χ3n) is 3.73. The van der Waals surface area contributed by atoms with Gasteiger partial charge in [-0.1, -0.05) is 6.07 Å². The molecular formula is C16H21N5O2. The third-order valence-corrected chi connectivity index (χ3v) is 3.73. The molecule has 0 spiro atoms. The van der Waals surface area contributed by atoms with Crippen molar-refractivity contribution in [3.8, 4) is 5.82 Å². The van der Waals surface area contributed by atoms with E-state index in [1.165, 1.54) is 0 Å². The lowest BCUT2D eigenvalue weighted by atomic mass is 10.2. The number of rotatable bonds is 3. The van der Waals surface area contributed by atoms with E-state index in [1.807, 2.05) is 38.2 Å². The highest BCUT2D eigenvalue weighted by atomic mass is 16.5. The topological polar surface area (TPSA) is 72.3 Å². The minimum Gasteiger partial charge on any atom is -0.372 e. The van der Waals surface area contributed by atoms with E-state index in [0.717, 1.165) is 11.4 Å². The van der Waals surface area contributed by atoms with Gasteiger partial charge in [-0.05, 0) is 26.0 Å². The number of carbonyl (C=O) groups is 1. The van der Waals surface area contributed by atoms with Crippen molar-refractivity contribution in [1.29, 1.82) is 0 Å². The fourth-order valence-corrected chi connectivity index (χ4v) is 2.80. The van der Waals surface area contributed by atoms with Crippen LogP contribution in [0, 0.1) is 0 Å². The number of nitrogens with zero attached hydrogens (tertiary/aromatic N) is 4. The molecule has 7 heteroatoms. The molecule has 0 aromatic carbocycles. The van der Waals surface area contributed by atoms with Crippen LogP contribution in [-0.2, 0) is 11.3 Å². The lowest BCUT2D eigenvalue weighted by Gasteiger charge is -2.35. The monoisotopic (exact) mass is 315 g/mol. The Labute approximate surface area is 135 Å². The summed E-state index contributed by atoms with van der Waals surface area (Å²) >= 11 is 0. The summed E-state index contributed by atoms with van der Waals surface area (Å²) in [4.78, 5) is 18.5. The second kappa shape index (κ2) is 6.78. The van der Waals surface area contributed by atoms with Crippen molar-refractivity contribution >= 4 is 6.03 Å². The molecule has 0 aliphatic carbocycles. The molecule has 23 heavy (non-hydrogen) atoms. The molecule has 0 saturated carbocycles. The Bertz CT molecular complexity index is 648. The van der Waals surface area contributed by atoms with E-state index in [-0.39, 0.29) is 18.2 Å². The predicted molar refractivity (Wildman–Crippen MR) is 85.2 cm³/mol. The van der Waals surface area contributed by atoms with E-state index in [4.69, 9.17) is 4.74 Å². The largest absolute Gasteiger partial charge is 0.372 e. The molecule has 1 aliphatic heterocycles. The van der Waals surface area contributed by atoms with Gasteiger partial charge in [-0.3, -0.25) is 0 Å². The van der Waals surface area contributed by atoms with Crippen molar-refractivity contribution in [2.24, 2.45) is 0 Å². The highest BCUT2D eigenvalue weighted by molar-refractivity contribution is 5.74. The molecule has 0 unspecified atom stereocenters. The Morgan fingerprint density at radius 1 is 1.30 bits per heavy atom. The number of amides is 2. The Morgan fingerprint density at radius 3 is 2.78 bits per heavy atom. The molecule has 3 rings (SSSR count). The number of nitrogens with one attached hydrogen (secondary N) is 1. The van der Waals surface area contributed by atoms with Crippen LogP contribution < -0.4 is 5.32 Å². The summed E-state index contributed by atoms with van der Waals surface area (Å²) in [6, 6.07) is 5.55. The van der Waals surface area contributed by atoms with Crippen molar-refractivity contribution < 1.29 is 9.53 Å². The molecule has 7 nitrogen and oxygen atoms in total. The van der Waals surface area contributed by atoms with Gasteiger partial charge in [-0.2, -0.15) is 5.10 Å². The van der Waals surface area contributed by atoms with Crippen LogP contribution in [-0.4, -0.2) is 51.0 Å². The molecule has 2 aromatic rings. The second-order valence-corrected chi connectivity index (χ2v) is 5.76. The minimum atomic E-state index is -0.0812. The highest BCUT2D eigenvalue weighted by Crippen LogP contribution is 2.12. The van der Waals surface area contributed by atoms with Gasteiger partial charge in [-0.25, -0.2) is 14.5 Å². The second-order valence-electron chi connectivity index (χ2n) is 5.76. The molecule has 2 aromatic heterocycles. The van der Waals surface area contributed by atoms with Crippen LogP contribution in [0.4, 0.5) is 4.79 Å². The van der Waals surface area contributed by atoms with Gasteiger partial charge < -0.3 is 15.0 Å². The van der Waals surface area contributed by atoms with Gasteiger partial charge in [-0.15, -0.1) is 0 Å². The Morgan fingerprint density at radius 2 is 2.09 bits per heavy atom. The number of hydrogen-bond acceptors (Lipinski definition) is 4. The number of carbonyl (C=O) groups excluding carboxylic acids is 1.